The second-order valence-corrected chi connectivity index (χ2v) is 7.77. The first kappa shape index (κ1) is 24.5. The van der Waals surface area contributed by atoms with Crippen molar-refractivity contribution >= 4 is 23.5 Å². The van der Waals surface area contributed by atoms with Crippen LogP contribution in [0.25, 0.3) is 6.08 Å². The summed E-state index contributed by atoms with van der Waals surface area (Å²) in [5.41, 5.74) is -2.80. The van der Waals surface area contributed by atoms with Crippen molar-refractivity contribution in [3.05, 3.63) is 70.3 Å². The molecule has 10 heteroatoms. The molecule has 3 rings (SSSR count). The number of carbonyl (C=O) groups excluding carboxylic acids is 2. The van der Waals surface area contributed by atoms with E-state index in [1.54, 1.807) is 19.1 Å². The highest BCUT2D eigenvalue weighted by Crippen LogP contribution is 2.38. The maximum atomic E-state index is 13.3. The normalized spacial score (nSPS) is 17.0. The molecular weight excluding hydrogens is 452 g/mol. The van der Waals surface area contributed by atoms with Crippen LogP contribution in [0.15, 0.2) is 42.5 Å². The van der Waals surface area contributed by atoms with Gasteiger partial charge in [-0.15, -0.1) is 0 Å². The van der Waals surface area contributed by atoms with Gasteiger partial charge in [-0.2, -0.15) is 26.3 Å². The molecular formula is C23H19F6NO3. The summed E-state index contributed by atoms with van der Waals surface area (Å²) in [5, 5.41) is 11.8. The van der Waals surface area contributed by atoms with Gasteiger partial charge in [0.05, 0.1) is 17.5 Å². The number of halogens is 6. The van der Waals surface area contributed by atoms with Crippen molar-refractivity contribution in [1.29, 1.82) is 0 Å². The number of Topliss-reactive ketones (excluding diaryl/α,β-unsaturated/α-hetero) is 1. The van der Waals surface area contributed by atoms with Crippen molar-refractivity contribution in [2.24, 2.45) is 11.8 Å². The Bertz CT molecular complexity index is 1100. The molecule has 0 radical (unpaired) electrons. The zero-order valence-corrected chi connectivity index (χ0v) is 17.2. The number of allylic oxidation sites excluding steroid dienone is 1. The van der Waals surface area contributed by atoms with Gasteiger partial charge in [0, 0.05) is 29.3 Å². The van der Waals surface area contributed by atoms with Crippen LogP contribution in [0.1, 0.15) is 39.5 Å². The summed E-state index contributed by atoms with van der Waals surface area (Å²) in [6, 6.07) is 5.59. The Labute approximate surface area is 184 Å². The Hall–Kier alpha value is -3.14. The average Bonchev–Trinajstić information content (AvgIpc) is 2.72. The van der Waals surface area contributed by atoms with E-state index < -0.39 is 47.3 Å². The van der Waals surface area contributed by atoms with Crippen molar-refractivity contribution in [1.82, 2.24) is 0 Å². The Morgan fingerprint density at radius 3 is 2.39 bits per heavy atom. The molecule has 1 amide bonds. The van der Waals surface area contributed by atoms with E-state index in [0.717, 1.165) is 0 Å². The number of amides is 1. The predicted molar refractivity (Wildman–Crippen MR) is 108 cm³/mol. The Morgan fingerprint density at radius 2 is 1.79 bits per heavy atom. The maximum Gasteiger partial charge on any atom is 0.416 e. The molecule has 2 aromatic carbocycles. The minimum Gasteiger partial charge on any atom is -0.396 e. The summed E-state index contributed by atoms with van der Waals surface area (Å²) < 4.78 is 78.5. The molecule has 4 nitrogen and oxygen atoms in total. The van der Waals surface area contributed by atoms with Gasteiger partial charge >= 0.3 is 12.4 Å². The van der Waals surface area contributed by atoms with Crippen molar-refractivity contribution < 1.29 is 41.0 Å². The number of aliphatic hydroxyl groups is 1. The third-order valence-corrected chi connectivity index (χ3v) is 5.41. The number of alkyl halides is 6. The van der Waals surface area contributed by atoms with Gasteiger partial charge in [-0.05, 0) is 29.7 Å². The maximum absolute atomic E-state index is 13.3. The lowest BCUT2D eigenvalue weighted by molar-refractivity contribution is -0.143. The number of carbonyl (C=O) groups is 2. The highest BCUT2D eigenvalue weighted by atomic mass is 19.4. The van der Waals surface area contributed by atoms with E-state index in [2.05, 4.69) is 5.32 Å². The average molecular weight is 471 g/mol. The number of hydrogen-bond acceptors (Lipinski definition) is 3. The lowest BCUT2D eigenvalue weighted by Crippen LogP contribution is -2.26. The fourth-order valence-electron chi connectivity index (χ4n) is 3.64. The number of rotatable bonds is 5. The molecule has 33 heavy (non-hydrogen) atoms. The van der Waals surface area contributed by atoms with Gasteiger partial charge in [0.15, 0.2) is 5.78 Å². The lowest BCUT2D eigenvalue weighted by atomic mass is 9.81. The van der Waals surface area contributed by atoms with E-state index in [-0.39, 0.29) is 35.6 Å². The van der Waals surface area contributed by atoms with Crippen LogP contribution in [0.3, 0.4) is 0 Å². The molecule has 0 heterocycles. The third-order valence-electron chi connectivity index (χ3n) is 5.41. The molecule has 176 valence electrons. The summed E-state index contributed by atoms with van der Waals surface area (Å²) >= 11 is 0. The lowest BCUT2D eigenvalue weighted by Gasteiger charge is -2.24. The predicted octanol–water partition coefficient (Wildman–Crippen LogP) is 5.36. The number of anilines is 1. The van der Waals surface area contributed by atoms with E-state index in [4.69, 9.17) is 0 Å². The van der Waals surface area contributed by atoms with Crippen LogP contribution in [0.4, 0.5) is 32.0 Å². The Balaban J connectivity index is 1.87. The third kappa shape index (κ3) is 5.27. The summed E-state index contributed by atoms with van der Waals surface area (Å²) in [6.07, 6.45) is -7.70. The molecule has 0 spiro atoms. The molecule has 0 aliphatic heterocycles. The van der Waals surface area contributed by atoms with Crippen molar-refractivity contribution in [3.63, 3.8) is 0 Å². The van der Waals surface area contributed by atoms with E-state index in [1.165, 1.54) is 18.2 Å². The minimum absolute atomic E-state index is 0.0170. The smallest absolute Gasteiger partial charge is 0.396 e. The topological polar surface area (TPSA) is 66.4 Å². The second-order valence-electron chi connectivity index (χ2n) is 7.77. The first-order valence-corrected chi connectivity index (χ1v) is 9.86. The van der Waals surface area contributed by atoms with Gasteiger partial charge in [0.2, 0.25) is 5.91 Å². The Morgan fingerprint density at radius 1 is 1.09 bits per heavy atom. The fraction of sp³-hybridized carbons (Fsp3) is 0.304. The molecule has 0 saturated heterocycles. The van der Waals surface area contributed by atoms with Gasteiger partial charge in [0.1, 0.15) is 0 Å². The molecule has 1 aliphatic rings. The SMILES string of the molecule is C[C@H](CO)C1C=Cc2c(NC(=O)Cc3ccc(C(F)(F)F)cc3C(F)(F)F)cccc2C1=O. The summed E-state index contributed by atoms with van der Waals surface area (Å²) in [5.74, 6) is -2.05. The molecule has 1 unspecified atom stereocenters. The van der Waals surface area contributed by atoms with Gasteiger partial charge in [-0.3, -0.25) is 9.59 Å². The van der Waals surface area contributed by atoms with Crippen molar-refractivity contribution in [2.45, 2.75) is 25.7 Å². The van der Waals surface area contributed by atoms with Gasteiger partial charge < -0.3 is 10.4 Å². The Kier molecular flexibility index (Phi) is 6.69. The van der Waals surface area contributed by atoms with Crippen LogP contribution in [0.5, 0.6) is 0 Å². The second kappa shape index (κ2) is 9.01. The fourth-order valence-corrected chi connectivity index (χ4v) is 3.64. The van der Waals surface area contributed by atoms with Crippen LogP contribution in [-0.4, -0.2) is 23.4 Å². The molecule has 1 aliphatic carbocycles. The van der Waals surface area contributed by atoms with Gasteiger partial charge in [-0.25, -0.2) is 0 Å². The standard InChI is InChI=1S/C23H19F6NO3/c1-12(11-31)15-7-8-16-17(21(15)33)3-2-4-19(16)30-20(32)9-13-5-6-14(22(24,25)26)10-18(13)23(27,28)29/h2-8,10,12,15,31H,9,11H2,1H3,(H,30,32)/t12-,15?/m1/s1. The largest absolute Gasteiger partial charge is 0.416 e. The minimum atomic E-state index is -5.09. The summed E-state index contributed by atoms with van der Waals surface area (Å²) in [6.45, 7) is 1.49. The zero-order chi connectivity index (χ0) is 24.6. The van der Waals surface area contributed by atoms with E-state index in [1.807, 2.05) is 0 Å². The zero-order valence-electron chi connectivity index (χ0n) is 17.2. The molecule has 2 N–H and O–H groups in total. The first-order valence-electron chi connectivity index (χ1n) is 9.86. The van der Waals surface area contributed by atoms with E-state index >= 15 is 0 Å². The highest BCUT2D eigenvalue weighted by molar-refractivity contribution is 6.07. The molecule has 0 saturated carbocycles. The summed E-state index contributed by atoms with van der Waals surface area (Å²) in [4.78, 5) is 25.2. The molecule has 0 bridgehead atoms. The monoisotopic (exact) mass is 471 g/mol. The summed E-state index contributed by atoms with van der Waals surface area (Å²) in [7, 11) is 0. The quantitative estimate of drug-likeness (QED) is 0.577. The molecule has 2 aromatic rings. The van der Waals surface area contributed by atoms with Crippen LogP contribution in [-0.2, 0) is 23.6 Å². The van der Waals surface area contributed by atoms with Gasteiger partial charge in [-0.1, -0.05) is 37.3 Å². The number of ketones is 1. The molecule has 0 fully saturated rings. The van der Waals surface area contributed by atoms with Crippen LogP contribution in [0, 0.1) is 11.8 Å². The van der Waals surface area contributed by atoms with E-state index in [0.29, 0.717) is 17.7 Å². The number of fused-ring (bicyclic) bond motifs is 1. The van der Waals surface area contributed by atoms with Crippen LogP contribution < -0.4 is 5.32 Å². The van der Waals surface area contributed by atoms with Crippen LogP contribution >= 0.6 is 0 Å². The molecule has 0 aromatic heterocycles. The van der Waals surface area contributed by atoms with Crippen LogP contribution in [0.2, 0.25) is 0 Å². The number of benzene rings is 2. The number of aliphatic hydroxyl groups excluding tert-OH is 1. The van der Waals surface area contributed by atoms with Crippen molar-refractivity contribution in [2.75, 3.05) is 11.9 Å². The van der Waals surface area contributed by atoms with Crippen molar-refractivity contribution in [3.8, 4) is 0 Å². The number of hydrogen-bond donors (Lipinski definition) is 2. The number of nitrogens with one attached hydrogen (secondary N) is 1. The molecule has 2 atom stereocenters. The first-order chi connectivity index (χ1) is 15.3. The highest BCUT2D eigenvalue weighted by Gasteiger charge is 2.38. The van der Waals surface area contributed by atoms with E-state index in [9.17, 15) is 41.0 Å². The van der Waals surface area contributed by atoms with Gasteiger partial charge in [0.25, 0.3) is 0 Å².